The van der Waals surface area contributed by atoms with Crippen LogP contribution < -0.4 is 10.6 Å². The number of rotatable bonds is 3. The molecule has 1 unspecified atom stereocenters. The van der Waals surface area contributed by atoms with E-state index in [2.05, 4.69) is 10.6 Å². The highest BCUT2D eigenvalue weighted by Crippen LogP contribution is 2.24. The molecule has 1 fully saturated rings. The number of thiophene rings is 1. The molecule has 1 aromatic carbocycles. The van der Waals surface area contributed by atoms with E-state index < -0.39 is 17.5 Å². The summed E-state index contributed by atoms with van der Waals surface area (Å²) < 4.78 is 6.23. The minimum atomic E-state index is -1.34. The summed E-state index contributed by atoms with van der Waals surface area (Å²) >= 11 is 1.62. The van der Waals surface area contributed by atoms with Crippen molar-refractivity contribution in [2.24, 2.45) is 0 Å². The van der Waals surface area contributed by atoms with Gasteiger partial charge in [-0.25, -0.2) is 9.59 Å². The predicted molar refractivity (Wildman–Crippen MR) is 79.8 cm³/mol. The summed E-state index contributed by atoms with van der Waals surface area (Å²) in [7, 11) is 0. The number of hydrogen-bond acceptors (Lipinski definition) is 4. The van der Waals surface area contributed by atoms with Gasteiger partial charge in [0.15, 0.2) is 5.54 Å². The van der Waals surface area contributed by atoms with Crippen molar-refractivity contribution < 1.29 is 19.4 Å². The van der Waals surface area contributed by atoms with E-state index in [0.717, 1.165) is 10.1 Å². The van der Waals surface area contributed by atoms with Gasteiger partial charge in [-0.15, -0.1) is 11.3 Å². The number of carboxylic acids is 1. The number of anilines is 1. The number of urea groups is 1. The van der Waals surface area contributed by atoms with Gasteiger partial charge in [-0.2, -0.15) is 0 Å². The van der Waals surface area contributed by atoms with E-state index in [4.69, 9.17) is 4.74 Å². The lowest BCUT2D eigenvalue weighted by molar-refractivity contribution is -0.144. The molecule has 1 aromatic heterocycles. The summed E-state index contributed by atoms with van der Waals surface area (Å²) in [6.07, 6.45) is 0.263. The number of nitrogens with one attached hydrogen (secondary N) is 2. The second kappa shape index (κ2) is 5.34. The molecular weight excluding hydrogens is 292 g/mol. The van der Waals surface area contributed by atoms with Crippen LogP contribution in [0.3, 0.4) is 0 Å². The van der Waals surface area contributed by atoms with Crippen LogP contribution >= 0.6 is 11.3 Å². The fourth-order valence-corrected chi connectivity index (χ4v) is 3.08. The van der Waals surface area contributed by atoms with E-state index in [1.165, 1.54) is 0 Å². The first-order valence-electron chi connectivity index (χ1n) is 6.47. The second-order valence-corrected chi connectivity index (χ2v) is 5.89. The van der Waals surface area contributed by atoms with E-state index in [1.54, 1.807) is 17.4 Å². The summed E-state index contributed by atoms with van der Waals surface area (Å²) in [5.41, 5.74) is -0.714. The molecule has 0 aliphatic carbocycles. The first kappa shape index (κ1) is 13.8. The number of carbonyl (C=O) groups excluding carboxylic acids is 1. The summed E-state index contributed by atoms with van der Waals surface area (Å²) in [4.78, 5) is 23.3. The Morgan fingerprint density at radius 1 is 1.33 bits per heavy atom. The van der Waals surface area contributed by atoms with Gasteiger partial charge in [0.1, 0.15) is 0 Å². The molecule has 2 heterocycles. The zero-order valence-electron chi connectivity index (χ0n) is 11.1. The van der Waals surface area contributed by atoms with Crippen molar-refractivity contribution in [1.29, 1.82) is 0 Å². The van der Waals surface area contributed by atoms with Crippen molar-refractivity contribution in [3.05, 3.63) is 29.6 Å². The standard InChI is InChI=1S/C14H14N2O4S/c17-12(18)14(4-5-20-8-14)16-13(19)15-10-1-2-11-9(7-10)3-6-21-11/h1-3,6-7H,4-5,8H2,(H,17,18)(H2,15,16,19). The number of hydrogen-bond donors (Lipinski definition) is 3. The number of carboxylic acid groups (broad SMARTS) is 1. The molecule has 0 bridgehead atoms. The highest BCUT2D eigenvalue weighted by Gasteiger charge is 2.44. The molecule has 1 aliphatic rings. The molecule has 1 aliphatic heterocycles. The average Bonchev–Trinajstić information content (AvgIpc) is 3.07. The number of aliphatic carboxylic acids is 1. The first-order valence-corrected chi connectivity index (χ1v) is 7.35. The maximum absolute atomic E-state index is 12.0. The van der Waals surface area contributed by atoms with Gasteiger partial charge in [0.05, 0.1) is 6.61 Å². The van der Waals surface area contributed by atoms with Crippen LogP contribution in [-0.4, -0.2) is 35.9 Å². The molecule has 3 rings (SSSR count). The molecule has 0 spiro atoms. The highest BCUT2D eigenvalue weighted by atomic mass is 32.1. The zero-order valence-corrected chi connectivity index (χ0v) is 11.9. The Morgan fingerprint density at radius 3 is 2.90 bits per heavy atom. The largest absolute Gasteiger partial charge is 0.479 e. The minimum Gasteiger partial charge on any atom is -0.479 e. The number of ether oxygens (including phenoxy) is 1. The Bertz CT molecular complexity index is 691. The van der Waals surface area contributed by atoms with Crippen molar-refractivity contribution in [1.82, 2.24) is 5.32 Å². The molecular formula is C14H14N2O4S. The van der Waals surface area contributed by atoms with Gasteiger partial charge in [-0.3, -0.25) is 0 Å². The monoisotopic (exact) mass is 306 g/mol. The normalized spacial score (nSPS) is 21.3. The molecule has 2 aromatic rings. The Hall–Kier alpha value is -2.12. The van der Waals surface area contributed by atoms with E-state index in [1.807, 2.05) is 23.6 Å². The topological polar surface area (TPSA) is 87.7 Å². The number of amides is 2. The number of benzene rings is 1. The van der Waals surface area contributed by atoms with Crippen LogP contribution in [0.5, 0.6) is 0 Å². The number of carbonyl (C=O) groups is 2. The predicted octanol–water partition coefficient (Wildman–Crippen LogP) is 2.27. The van der Waals surface area contributed by atoms with Crippen LogP contribution in [0.25, 0.3) is 10.1 Å². The quantitative estimate of drug-likeness (QED) is 0.811. The van der Waals surface area contributed by atoms with Crippen molar-refractivity contribution in [2.75, 3.05) is 18.5 Å². The van der Waals surface area contributed by atoms with Gasteiger partial charge >= 0.3 is 12.0 Å². The van der Waals surface area contributed by atoms with E-state index >= 15 is 0 Å². The van der Waals surface area contributed by atoms with Crippen molar-refractivity contribution in [3.8, 4) is 0 Å². The lowest BCUT2D eigenvalue weighted by Crippen LogP contribution is -2.56. The number of fused-ring (bicyclic) bond motifs is 1. The van der Waals surface area contributed by atoms with E-state index in [9.17, 15) is 14.7 Å². The lowest BCUT2D eigenvalue weighted by atomic mass is 9.99. The molecule has 0 saturated carbocycles. The molecule has 21 heavy (non-hydrogen) atoms. The van der Waals surface area contributed by atoms with Crippen LogP contribution in [0.4, 0.5) is 10.5 Å². The summed E-state index contributed by atoms with van der Waals surface area (Å²) in [5, 5.41) is 17.5. The van der Waals surface area contributed by atoms with Crippen LogP contribution in [-0.2, 0) is 9.53 Å². The van der Waals surface area contributed by atoms with Crippen LogP contribution in [0, 0.1) is 0 Å². The van der Waals surface area contributed by atoms with E-state index in [-0.39, 0.29) is 13.0 Å². The fraction of sp³-hybridized carbons (Fsp3) is 0.286. The Kier molecular flexibility index (Phi) is 3.52. The molecule has 110 valence electrons. The molecule has 6 nitrogen and oxygen atoms in total. The molecule has 0 radical (unpaired) electrons. The van der Waals surface area contributed by atoms with Crippen molar-refractivity contribution in [3.63, 3.8) is 0 Å². The summed E-state index contributed by atoms with van der Waals surface area (Å²) in [5.74, 6) is -1.08. The van der Waals surface area contributed by atoms with Gasteiger partial charge < -0.3 is 20.5 Å². The third kappa shape index (κ3) is 2.70. The Morgan fingerprint density at radius 2 is 2.19 bits per heavy atom. The first-order chi connectivity index (χ1) is 10.1. The smallest absolute Gasteiger partial charge is 0.332 e. The molecule has 3 N–H and O–H groups in total. The van der Waals surface area contributed by atoms with E-state index in [0.29, 0.717) is 12.3 Å². The van der Waals surface area contributed by atoms with Crippen molar-refractivity contribution >= 4 is 39.1 Å². The lowest BCUT2D eigenvalue weighted by Gasteiger charge is -2.23. The maximum atomic E-state index is 12.0. The summed E-state index contributed by atoms with van der Waals surface area (Å²) in [6, 6.07) is 6.98. The highest BCUT2D eigenvalue weighted by molar-refractivity contribution is 7.17. The second-order valence-electron chi connectivity index (χ2n) is 4.94. The Balaban J connectivity index is 1.72. The zero-order chi connectivity index (χ0) is 14.9. The average molecular weight is 306 g/mol. The van der Waals surface area contributed by atoms with Gasteiger partial charge in [-0.1, -0.05) is 0 Å². The minimum absolute atomic E-state index is 0.0146. The fourth-order valence-electron chi connectivity index (χ4n) is 2.31. The molecule has 1 atom stereocenters. The molecule has 2 amide bonds. The van der Waals surface area contributed by atoms with Crippen molar-refractivity contribution in [2.45, 2.75) is 12.0 Å². The van der Waals surface area contributed by atoms with Gasteiger partial charge in [0.2, 0.25) is 0 Å². The van der Waals surface area contributed by atoms with Gasteiger partial charge in [0.25, 0.3) is 0 Å². The van der Waals surface area contributed by atoms with Crippen LogP contribution in [0.1, 0.15) is 6.42 Å². The van der Waals surface area contributed by atoms with Crippen LogP contribution in [0.2, 0.25) is 0 Å². The maximum Gasteiger partial charge on any atom is 0.332 e. The van der Waals surface area contributed by atoms with Crippen LogP contribution in [0.15, 0.2) is 29.6 Å². The van der Waals surface area contributed by atoms with Gasteiger partial charge in [0, 0.05) is 23.4 Å². The third-order valence-electron chi connectivity index (χ3n) is 3.49. The van der Waals surface area contributed by atoms with Gasteiger partial charge in [-0.05, 0) is 35.0 Å². The molecule has 1 saturated heterocycles. The Labute approximate surface area is 124 Å². The SMILES string of the molecule is O=C(Nc1ccc2sccc2c1)NC1(C(=O)O)CCOC1. The third-order valence-corrected chi connectivity index (χ3v) is 4.39. The summed E-state index contributed by atoms with van der Waals surface area (Å²) in [6.45, 7) is 0.312. The molecule has 7 heteroatoms.